The molecule has 12 aliphatic rings. The highest BCUT2D eigenvalue weighted by Crippen LogP contribution is 2.80. The van der Waals surface area contributed by atoms with Crippen LogP contribution >= 0.6 is 0 Å². The van der Waals surface area contributed by atoms with Crippen molar-refractivity contribution in [2.75, 3.05) is 52.7 Å². The van der Waals surface area contributed by atoms with E-state index < -0.39 is 0 Å². The van der Waals surface area contributed by atoms with Gasteiger partial charge < -0.3 is 34.5 Å². The van der Waals surface area contributed by atoms with Gasteiger partial charge in [-0.15, -0.1) is 0 Å². The van der Waals surface area contributed by atoms with Crippen LogP contribution in [0.5, 0.6) is 0 Å². The zero-order valence-electron chi connectivity index (χ0n) is 53.2. The van der Waals surface area contributed by atoms with Gasteiger partial charge in [0.15, 0.2) is 12.6 Å². The van der Waals surface area contributed by atoms with E-state index in [1.165, 1.54) is 115 Å². The zero-order valence-corrected chi connectivity index (χ0v) is 53.2. The average molecular weight is 1120 g/mol. The highest BCUT2D eigenvalue weighted by Gasteiger charge is 2.73. The standard InChI is InChI=1S/C37H61NO4.C35H56O4/c1-25(23-38-20-21-39)26-12-17-37(24-42-31-9-7-8-22-41-31)19-18-35(5)27(32(26)37)10-11-29-34(4)15-14-30(40)33(2,3)28(34)13-16-36(29,35)6;1-23(21-36)24-12-17-35(22-39-29-9-7-8-20-38-29)19-18-33(5)25(30(24)35)10-11-27-32(4)15-14-28(37)31(2,3)26(32)13-16-34(27,33)6/h26-29,31-32,38-39H,1,7-24H2,2-6H3;24-27,29-30,36H,1,7-22H2,2-6H3/t26-,27+,28-,29+,31?,32+,34-,35+,36+,37+;24-,25+,26-,27+,29?,30+,32-,33+,34+,35+/m00/s1. The Balaban J connectivity index is 0.000000171. The minimum atomic E-state index is -0.193. The highest BCUT2D eigenvalue weighted by atomic mass is 16.7. The molecule has 0 radical (unpaired) electrons. The first-order chi connectivity index (χ1) is 38.4. The topological polar surface area (TPSA) is 124 Å². The van der Waals surface area contributed by atoms with Crippen molar-refractivity contribution in [2.45, 2.75) is 249 Å². The van der Waals surface area contributed by atoms with E-state index in [1.54, 1.807) is 0 Å². The second-order valence-electron chi connectivity index (χ2n) is 33.3. The van der Waals surface area contributed by atoms with Crippen molar-refractivity contribution in [3.05, 3.63) is 24.3 Å². The number of aliphatic hydroxyl groups excluding tert-OH is 2. The third-order valence-corrected chi connectivity index (χ3v) is 30.0. The van der Waals surface area contributed by atoms with Gasteiger partial charge in [0, 0.05) is 50.0 Å². The molecule has 9 heteroatoms. The molecule has 3 N–H and O–H groups in total. The van der Waals surface area contributed by atoms with E-state index in [-0.39, 0.29) is 74.5 Å². The molecule has 0 aromatic rings. The Morgan fingerprint density at radius 1 is 0.506 bits per heavy atom. The Morgan fingerprint density at radius 3 is 1.36 bits per heavy atom. The molecule has 2 unspecified atom stereocenters. The minimum absolute atomic E-state index is 0.0311. The van der Waals surface area contributed by atoms with Crippen LogP contribution in [-0.4, -0.2) is 87.1 Å². The van der Waals surface area contributed by atoms with Crippen LogP contribution in [0.1, 0.15) is 236 Å². The van der Waals surface area contributed by atoms with Crippen molar-refractivity contribution in [1.82, 2.24) is 5.32 Å². The predicted octanol–water partition coefficient (Wildman–Crippen LogP) is 15.0. The van der Waals surface area contributed by atoms with E-state index in [0.29, 0.717) is 82.7 Å². The molecule has 458 valence electrons. The number of aliphatic hydroxyl groups is 2. The van der Waals surface area contributed by atoms with Crippen LogP contribution in [-0.2, 0) is 28.5 Å². The number of carbonyl (C=O) groups is 2. The summed E-state index contributed by atoms with van der Waals surface area (Å²) in [6, 6.07) is 0. The van der Waals surface area contributed by atoms with Crippen LogP contribution in [0.25, 0.3) is 0 Å². The number of hydrogen-bond donors (Lipinski definition) is 3. The second-order valence-corrected chi connectivity index (χ2v) is 33.3. The minimum Gasteiger partial charge on any atom is -0.395 e. The van der Waals surface area contributed by atoms with E-state index in [0.717, 1.165) is 96.3 Å². The molecule has 10 aliphatic carbocycles. The first kappa shape index (κ1) is 61.2. The quantitative estimate of drug-likeness (QED) is 0.122. The first-order valence-electron chi connectivity index (χ1n) is 34.2. The third-order valence-electron chi connectivity index (χ3n) is 30.0. The molecule has 12 fully saturated rings. The summed E-state index contributed by atoms with van der Waals surface area (Å²) in [6.45, 7) is 39.0. The Labute approximate surface area is 492 Å². The summed E-state index contributed by atoms with van der Waals surface area (Å²) in [6.07, 6.45) is 30.2. The fourth-order valence-electron chi connectivity index (χ4n) is 25.3. The van der Waals surface area contributed by atoms with Crippen molar-refractivity contribution in [2.24, 2.45) is 113 Å². The molecule has 2 heterocycles. The summed E-state index contributed by atoms with van der Waals surface area (Å²) >= 11 is 0. The van der Waals surface area contributed by atoms with Gasteiger partial charge in [0.1, 0.15) is 11.6 Å². The molecule has 0 aromatic heterocycles. The summed E-state index contributed by atoms with van der Waals surface area (Å²) in [4.78, 5) is 26.2. The maximum absolute atomic E-state index is 13.1. The summed E-state index contributed by atoms with van der Waals surface area (Å²) in [5.74, 6) is 6.71. The van der Waals surface area contributed by atoms with Gasteiger partial charge in [-0.1, -0.05) is 88.0 Å². The average Bonchev–Trinajstić information content (AvgIpc) is 1.79. The van der Waals surface area contributed by atoms with E-state index in [4.69, 9.17) is 18.9 Å². The third kappa shape index (κ3) is 9.55. The number of rotatable bonds is 13. The molecule has 10 saturated carbocycles. The fourth-order valence-corrected chi connectivity index (χ4v) is 25.3. The van der Waals surface area contributed by atoms with Gasteiger partial charge in [0.05, 0.1) is 26.4 Å². The lowest BCUT2D eigenvalue weighted by Gasteiger charge is -2.72. The summed E-state index contributed by atoms with van der Waals surface area (Å²) < 4.78 is 25.4. The summed E-state index contributed by atoms with van der Waals surface area (Å²) in [5, 5.41) is 23.1. The molecule has 2 aliphatic heterocycles. The van der Waals surface area contributed by atoms with Crippen LogP contribution in [0.4, 0.5) is 0 Å². The van der Waals surface area contributed by atoms with Crippen LogP contribution in [0.2, 0.25) is 0 Å². The lowest BCUT2D eigenvalue weighted by molar-refractivity contribution is -0.245. The van der Waals surface area contributed by atoms with Gasteiger partial charge in [0.25, 0.3) is 0 Å². The van der Waals surface area contributed by atoms with Crippen LogP contribution in [0.15, 0.2) is 24.3 Å². The van der Waals surface area contributed by atoms with Crippen LogP contribution in [0, 0.1) is 113 Å². The SMILES string of the molecule is C=C(CNCCO)[C@@H]1CC[C@]2(COC3CCCCO3)CC[C@]3(C)[C@H](CC[C@@H]4[C@@]5(C)CCC(=O)C(C)(C)[C@@H]5CC[C@]43C)[C@@H]12.C=C(CO)[C@@H]1CC[C@]2(COC3CCCCO3)CC[C@]3(C)[C@H](CC[C@@H]4[C@@]5(C)CCC(=O)C(C)(C)[C@@H]5CC[C@]43C)[C@@H]12. The lowest BCUT2D eigenvalue weighted by atomic mass is 9.32. The van der Waals surface area contributed by atoms with Gasteiger partial charge >= 0.3 is 0 Å². The van der Waals surface area contributed by atoms with E-state index in [2.05, 4.69) is 87.7 Å². The van der Waals surface area contributed by atoms with Crippen molar-refractivity contribution >= 4 is 11.6 Å². The predicted molar refractivity (Wildman–Crippen MR) is 323 cm³/mol. The Hall–Kier alpha value is -1.46. The van der Waals surface area contributed by atoms with Gasteiger partial charge in [0.2, 0.25) is 0 Å². The number of ether oxygens (including phenoxy) is 4. The van der Waals surface area contributed by atoms with E-state index >= 15 is 0 Å². The maximum atomic E-state index is 13.1. The number of carbonyl (C=O) groups excluding carboxylic acids is 2. The van der Waals surface area contributed by atoms with Crippen molar-refractivity contribution in [1.29, 1.82) is 0 Å². The number of hydrogen-bond acceptors (Lipinski definition) is 9. The van der Waals surface area contributed by atoms with Crippen molar-refractivity contribution in [3.63, 3.8) is 0 Å². The van der Waals surface area contributed by atoms with E-state index in [9.17, 15) is 19.8 Å². The van der Waals surface area contributed by atoms with Gasteiger partial charge in [-0.25, -0.2) is 0 Å². The molecule has 20 atom stereocenters. The van der Waals surface area contributed by atoms with Gasteiger partial charge in [-0.2, -0.15) is 0 Å². The Bertz CT molecular complexity index is 2330. The van der Waals surface area contributed by atoms with Gasteiger partial charge in [-0.05, 0) is 262 Å². The molecule has 0 spiro atoms. The van der Waals surface area contributed by atoms with E-state index in [1.807, 2.05) is 0 Å². The molecular weight excluding hydrogens is 1010 g/mol. The summed E-state index contributed by atoms with van der Waals surface area (Å²) in [7, 11) is 0. The van der Waals surface area contributed by atoms with Crippen LogP contribution < -0.4 is 5.32 Å². The normalized spacial score (nSPS) is 49.4. The van der Waals surface area contributed by atoms with Crippen molar-refractivity contribution < 1.29 is 38.7 Å². The van der Waals surface area contributed by atoms with Crippen LogP contribution in [0.3, 0.4) is 0 Å². The molecule has 9 nitrogen and oxygen atoms in total. The number of ketones is 2. The molecule has 0 amide bonds. The largest absolute Gasteiger partial charge is 0.395 e. The first-order valence-corrected chi connectivity index (χ1v) is 34.2. The number of fused-ring (bicyclic) bond motifs is 14. The zero-order chi connectivity index (χ0) is 57.8. The molecule has 2 saturated heterocycles. The second kappa shape index (κ2) is 22.3. The molecule has 0 bridgehead atoms. The number of Topliss-reactive ketones (excluding diaryl/α,β-unsaturated/α-hetero) is 2. The smallest absolute Gasteiger partial charge is 0.157 e. The number of nitrogens with one attached hydrogen (secondary N) is 1. The highest BCUT2D eigenvalue weighted by molar-refractivity contribution is 5.86. The Kier molecular flexibility index (Phi) is 16.8. The molecule has 12 rings (SSSR count). The van der Waals surface area contributed by atoms with Gasteiger partial charge in [-0.3, -0.25) is 9.59 Å². The van der Waals surface area contributed by atoms with Crippen molar-refractivity contribution in [3.8, 4) is 0 Å². The molecule has 81 heavy (non-hydrogen) atoms. The monoisotopic (exact) mass is 1120 g/mol. The molecular formula is C72H117NO8. The Morgan fingerprint density at radius 2 is 0.951 bits per heavy atom. The fraction of sp³-hybridized carbons (Fsp3) is 0.917. The summed E-state index contributed by atoms with van der Waals surface area (Å²) in [5.41, 5.74) is 4.01. The molecule has 0 aromatic carbocycles. The lowest BCUT2D eigenvalue weighted by Crippen LogP contribution is -2.66. The maximum Gasteiger partial charge on any atom is 0.157 e.